The number of hydrogen-bond acceptors (Lipinski definition) is 15. The van der Waals surface area contributed by atoms with Crippen LogP contribution in [0.15, 0.2) is 134 Å². The molecule has 6 aromatic rings. The van der Waals surface area contributed by atoms with Crippen molar-refractivity contribution in [3.8, 4) is 51.6 Å². The van der Waals surface area contributed by atoms with Crippen LogP contribution in [-0.2, 0) is 54.7 Å². The maximum atomic E-state index is 10.5. The molecule has 0 atom stereocenters. The minimum Gasteiger partial charge on any atom is -2.00 e. The Hall–Kier alpha value is -6.00. The zero-order valence-corrected chi connectivity index (χ0v) is 33.9. The summed E-state index contributed by atoms with van der Waals surface area (Å²) in [6.45, 7) is 1.43. The summed E-state index contributed by atoms with van der Waals surface area (Å²) < 4.78 is 97.1. The van der Waals surface area contributed by atoms with Crippen LogP contribution in [0.1, 0.15) is 6.92 Å². The van der Waals surface area contributed by atoms with Gasteiger partial charge in [0.25, 0.3) is 0 Å². The van der Waals surface area contributed by atoms with E-state index in [0.29, 0.717) is 0 Å². The number of rotatable bonds is 4. The summed E-state index contributed by atoms with van der Waals surface area (Å²) in [6.07, 6.45) is -3.32. The van der Waals surface area contributed by atoms with E-state index < -0.39 is 34.5 Å². The van der Waals surface area contributed by atoms with Gasteiger partial charge >= 0.3 is 29.4 Å². The molecule has 0 aliphatic carbocycles. The van der Waals surface area contributed by atoms with Crippen LogP contribution in [0.2, 0.25) is 0 Å². The maximum absolute atomic E-state index is 10.5. The molecule has 6 heterocycles. The molecule has 6 rings (SSSR count). The first kappa shape index (κ1) is 62.6. The van der Waals surface area contributed by atoms with Crippen LogP contribution in [0, 0.1) is 21.6 Å². The van der Waals surface area contributed by atoms with Gasteiger partial charge < -0.3 is 30.8 Å². The number of pyridine rings is 6. The van der Waals surface area contributed by atoms with E-state index in [9.17, 15) is 26.3 Å². The zero-order valence-electron chi connectivity index (χ0n) is 30.8. The molecule has 0 saturated heterocycles. The molecule has 0 bridgehead atoms. The molecule has 6 aromatic heterocycles. The van der Waals surface area contributed by atoms with Crippen LogP contribution in [0.4, 0.5) is 26.3 Å². The Morgan fingerprint density at radius 3 is 0.790 bits per heavy atom. The number of nitriles is 1. The third-order valence-corrected chi connectivity index (χ3v) is 5.67. The molecule has 0 spiro atoms. The third-order valence-electron chi connectivity index (χ3n) is 5.67. The summed E-state index contributed by atoms with van der Waals surface area (Å²) in [4.78, 5) is 43.9. The van der Waals surface area contributed by atoms with Gasteiger partial charge in [-0.3, -0.25) is 19.9 Å². The summed E-state index contributed by atoms with van der Waals surface area (Å²) in [7, 11) is -4.94. The van der Waals surface area contributed by atoms with Crippen LogP contribution in [0.3, 0.4) is 0 Å². The second-order valence-corrected chi connectivity index (χ2v) is 10.6. The topological polar surface area (TPSA) is 331 Å². The fourth-order valence-corrected chi connectivity index (χ4v) is 3.50. The summed E-state index contributed by atoms with van der Waals surface area (Å²) in [5.74, 6) is -6.01. The number of alkyl halides is 6. The van der Waals surface area contributed by atoms with Crippen molar-refractivity contribution in [2.75, 3.05) is 0 Å². The van der Waals surface area contributed by atoms with Crippen molar-refractivity contribution in [3.63, 3.8) is 0 Å². The van der Waals surface area contributed by atoms with E-state index in [1.807, 2.05) is 109 Å². The molecule has 26 heteroatoms. The summed E-state index contributed by atoms with van der Waals surface area (Å²) >= 11 is 0. The molecule has 1 radical (unpaired) electrons. The van der Waals surface area contributed by atoms with E-state index in [4.69, 9.17) is 43.7 Å². The standard InChI is InChI=1S/2C15H11N3.2C2HF3O2.C2H3N.ClHO4.2Mn.2O/c2*1-3-10-16-12(6-1)14-8-5-9-15(18-14)13-7-2-4-11-17-13;2*3-2(4,5)1(6)7;1-2-3;2-1(3,4)5;;;;/h2*1-11H;2*(H,6,7);1H3;(H,2,3,4,5);;;;/q;;;;;;;+3;2*-2/p-3. The van der Waals surface area contributed by atoms with Crippen LogP contribution in [0.25, 0.3) is 45.6 Å². The first-order chi connectivity index (χ1) is 27.2. The number of carbonyl (C=O) groups excluding carboxylic acids is 2. The van der Waals surface area contributed by atoms with Gasteiger partial charge in [-0.15, -0.1) is 10.2 Å². The van der Waals surface area contributed by atoms with E-state index in [2.05, 4.69) is 29.9 Å². The molecule has 0 fully saturated rings. The van der Waals surface area contributed by atoms with Crippen molar-refractivity contribution in [3.05, 3.63) is 134 Å². The molecule has 0 aliphatic heterocycles. The minimum absolute atomic E-state index is 0. The molecule has 17 nitrogen and oxygen atoms in total. The Kier molecular flexibility index (Phi) is 32.1. The van der Waals surface area contributed by atoms with Gasteiger partial charge in [-0.05, 0) is 72.8 Å². The Morgan fingerprint density at radius 1 is 0.500 bits per heavy atom. The van der Waals surface area contributed by atoms with Gasteiger partial charge in [-0.25, -0.2) is 28.6 Å². The average molecular weight is 975 g/mol. The minimum atomic E-state index is -5.19. The number of carboxylic acid groups (broad SMARTS) is 2. The molecular weight excluding hydrogens is 950 g/mol. The monoisotopic (exact) mass is 974 g/mol. The van der Waals surface area contributed by atoms with Crippen molar-refractivity contribution in [1.29, 1.82) is 5.26 Å². The van der Waals surface area contributed by atoms with Gasteiger partial charge in [-0.1, -0.05) is 36.4 Å². The summed E-state index contributed by atoms with van der Waals surface area (Å²) in [5, 5.41) is 24.9. The first-order valence-electron chi connectivity index (χ1n) is 15.3. The van der Waals surface area contributed by atoms with E-state index in [-0.39, 0.29) is 45.1 Å². The smallest absolute Gasteiger partial charge is 2.00 e. The zero-order chi connectivity index (χ0) is 43.8. The van der Waals surface area contributed by atoms with Crippen molar-refractivity contribution in [2.24, 2.45) is 0 Å². The molecule has 0 N–H and O–H groups in total. The molecule has 0 unspecified atom stereocenters. The fourth-order valence-electron chi connectivity index (χ4n) is 3.50. The number of aromatic nitrogens is 6. The van der Waals surface area contributed by atoms with Crippen LogP contribution in [-0.4, -0.2) is 54.2 Å². The van der Waals surface area contributed by atoms with Crippen LogP contribution in [0.5, 0.6) is 0 Å². The molecule has 62 heavy (non-hydrogen) atoms. The maximum Gasteiger partial charge on any atom is 3.00 e. The van der Waals surface area contributed by atoms with Gasteiger partial charge in [0.2, 0.25) is 0 Å². The second kappa shape index (κ2) is 31.8. The largest absolute Gasteiger partial charge is 3.00 e. The Bertz CT molecular complexity index is 1910. The molecular formula is C36H25ClF6Mn2N7O10-4. The summed E-state index contributed by atoms with van der Waals surface area (Å²) in [6, 6.07) is 36.7. The molecule has 0 aliphatic rings. The number of carbonyl (C=O) groups is 2. The third kappa shape index (κ3) is 27.7. The predicted octanol–water partition coefficient (Wildman–Crippen LogP) is 0.540. The summed E-state index contributed by atoms with van der Waals surface area (Å²) in [5.41, 5.74) is 6.92. The number of halogens is 7. The van der Waals surface area contributed by atoms with Crippen molar-refractivity contribution in [1.82, 2.24) is 29.9 Å². The van der Waals surface area contributed by atoms with Crippen LogP contribution < -0.4 is 28.8 Å². The Balaban J connectivity index is -0.000000357. The average Bonchev–Trinajstić information content (AvgIpc) is 3.19. The van der Waals surface area contributed by atoms with Crippen LogP contribution >= 0.6 is 0 Å². The number of aliphatic carboxylic acids is 2. The molecule has 0 saturated carbocycles. The Morgan fingerprint density at radius 2 is 0.661 bits per heavy atom. The Labute approximate surface area is 370 Å². The first-order valence-corrected chi connectivity index (χ1v) is 16.5. The molecule has 0 amide bonds. The number of hydrogen-bond donors (Lipinski definition) is 0. The van der Waals surface area contributed by atoms with Gasteiger partial charge in [0.05, 0.1) is 51.6 Å². The number of carboxylic acids is 2. The number of nitrogens with zero attached hydrogens (tertiary/aromatic N) is 7. The van der Waals surface area contributed by atoms with E-state index >= 15 is 0 Å². The van der Waals surface area contributed by atoms with Gasteiger partial charge in [0.1, 0.15) is 11.9 Å². The van der Waals surface area contributed by atoms with Gasteiger partial charge in [0.15, 0.2) is 0 Å². The van der Waals surface area contributed by atoms with E-state index in [1.54, 1.807) is 30.9 Å². The molecule has 0 aromatic carbocycles. The normalized spacial score (nSPS) is 9.58. The SMILES string of the molecule is CC#N.O=C([O-])C(F)(F)F.O=C([O-])C(F)(F)F.[Mn+3].[Mn].[O-2].[O-2].[O-][Cl+3]([O-])([O-])[O-].c1ccc(-c2cccc(-c3ccccn3)n2)nc1.c1ccc(-c2cccc(-c3ccccn3)n2)nc1. The fraction of sp³-hybridized carbons (Fsp3) is 0.0833. The predicted molar refractivity (Wildman–Crippen MR) is 176 cm³/mol. The van der Waals surface area contributed by atoms with E-state index in [1.165, 1.54) is 6.92 Å². The van der Waals surface area contributed by atoms with Gasteiger partial charge in [-0.2, -0.15) is 31.6 Å². The second-order valence-electron chi connectivity index (χ2n) is 9.85. The van der Waals surface area contributed by atoms with E-state index in [0.717, 1.165) is 45.6 Å². The quantitative estimate of drug-likeness (QED) is 0.172. The van der Waals surface area contributed by atoms with Crippen molar-refractivity contribution >= 4 is 11.9 Å². The van der Waals surface area contributed by atoms with Crippen molar-refractivity contribution < 1.29 is 120 Å². The van der Waals surface area contributed by atoms with Gasteiger partial charge in [0, 0.05) is 48.8 Å². The van der Waals surface area contributed by atoms with Crippen molar-refractivity contribution in [2.45, 2.75) is 19.3 Å². The molecule has 331 valence electrons.